The van der Waals surface area contributed by atoms with E-state index in [0.717, 1.165) is 0 Å². The SMILES string of the molecule is CCN(CC)C(=O)CNC(=O)COc1ccccc1. The molecular weight excluding hydrogens is 244 g/mol. The van der Waals surface area contributed by atoms with Gasteiger partial charge in [-0.15, -0.1) is 0 Å². The molecule has 0 aliphatic rings. The maximum absolute atomic E-state index is 11.7. The van der Waals surface area contributed by atoms with Gasteiger partial charge in [-0.2, -0.15) is 0 Å². The van der Waals surface area contributed by atoms with Crippen molar-refractivity contribution in [1.29, 1.82) is 0 Å². The monoisotopic (exact) mass is 264 g/mol. The third-order valence-corrected chi connectivity index (χ3v) is 2.67. The fraction of sp³-hybridized carbons (Fsp3) is 0.429. The van der Waals surface area contributed by atoms with E-state index in [1.807, 2.05) is 32.0 Å². The highest BCUT2D eigenvalue weighted by Crippen LogP contribution is 2.07. The molecule has 0 aromatic heterocycles. The first-order chi connectivity index (χ1) is 9.17. The molecule has 1 N–H and O–H groups in total. The lowest BCUT2D eigenvalue weighted by Crippen LogP contribution is -2.41. The smallest absolute Gasteiger partial charge is 0.258 e. The van der Waals surface area contributed by atoms with Gasteiger partial charge < -0.3 is 15.0 Å². The molecule has 0 atom stereocenters. The highest BCUT2D eigenvalue weighted by molar-refractivity contribution is 5.85. The maximum atomic E-state index is 11.7. The van der Waals surface area contributed by atoms with Crippen LogP contribution in [0.25, 0.3) is 0 Å². The molecule has 2 amide bonds. The third kappa shape index (κ3) is 5.42. The van der Waals surface area contributed by atoms with Gasteiger partial charge in [0.15, 0.2) is 6.61 Å². The predicted octanol–water partition coefficient (Wildman–Crippen LogP) is 1.05. The number of ether oxygens (including phenoxy) is 1. The van der Waals surface area contributed by atoms with E-state index in [1.165, 1.54) is 0 Å². The number of benzene rings is 1. The van der Waals surface area contributed by atoms with Crippen LogP contribution in [0.2, 0.25) is 0 Å². The first-order valence-electron chi connectivity index (χ1n) is 6.39. The number of carbonyl (C=O) groups excluding carboxylic acids is 2. The van der Waals surface area contributed by atoms with Crippen LogP contribution >= 0.6 is 0 Å². The summed E-state index contributed by atoms with van der Waals surface area (Å²) in [6.07, 6.45) is 0. The largest absolute Gasteiger partial charge is 0.484 e. The minimum atomic E-state index is -0.302. The topological polar surface area (TPSA) is 58.6 Å². The average molecular weight is 264 g/mol. The molecule has 0 unspecified atom stereocenters. The standard InChI is InChI=1S/C14H20N2O3/c1-3-16(4-2)14(18)10-15-13(17)11-19-12-8-6-5-7-9-12/h5-9H,3-4,10-11H2,1-2H3,(H,15,17). The maximum Gasteiger partial charge on any atom is 0.258 e. The number of nitrogens with one attached hydrogen (secondary N) is 1. The van der Waals surface area contributed by atoms with E-state index in [1.54, 1.807) is 17.0 Å². The summed E-state index contributed by atoms with van der Waals surface area (Å²) in [5.41, 5.74) is 0. The molecule has 0 saturated heterocycles. The van der Waals surface area contributed by atoms with E-state index in [0.29, 0.717) is 18.8 Å². The molecule has 0 bridgehead atoms. The second kappa shape index (κ2) is 8.13. The molecule has 0 radical (unpaired) electrons. The Hall–Kier alpha value is -2.04. The van der Waals surface area contributed by atoms with Crippen LogP contribution in [-0.4, -0.2) is 43.0 Å². The van der Waals surface area contributed by atoms with E-state index >= 15 is 0 Å². The fourth-order valence-corrected chi connectivity index (χ4v) is 1.58. The Morgan fingerprint density at radius 1 is 1.16 bits per heavy atom. The molecule has 5 heteroatoms. The van der Waals surface area contributed by atoms with Gasteiger partial charge in [-0.25, -0.2) is 0 Å². The van der Waals surface area contributed by atoms with Crippen LogP contribution in [0.1, 0.15) is 13.8 Å². The summed E-state index contributed by atoms with van der Waals surface area (Å²) in [5, 5.41) is 2.55. The van der Waals surface area contributed by atoms with Crippen LogP contribution < -0.4 is 10.1 Å². The molecule has 104 valence electrons. The van der Waals surface area contributed by atoms with E-state index < -0.39 is 0 Å². The molecule has 19 heavy (non-hydrogen) atoms. The summed E-state index contributed by atoms with van der Waals surface area (Å²) < 4.78 is 5.28. The number of likely N-dealkylation sites (N-methyl/N-ethyl adjacent to an activating group) is 1. The fourth-order valence-electron chi connectivity index (χ4n) is 1.58. The molecule has 0 heterocycles. The predicted molar refractivity (Wildman–Crippen MR) is 72.9 cm³/mol. The van der Waals surface area contributed by atoms with Gasteiger partial charge in [0.2, 0.25) is 5.91 Å². The summed E-state index contributed by atoms with van der Waals surface area (Å²) in [5.74, 6) is 0.245. The Morgan fingerprint density at radius 2 is 1.79 bits per heavy atom. The van der Waals surface area contributed by atoms with Gasteiger partial charge >= 0.3 is 0 Å². The number of hydrogen-bond acceptors (Lipinski definition) is 3. The number of para-hydroxylation sites is 1. The highest BCUT2D eigenvalue weighted by Gasteiger charge is 2.11. The van der Waals surface area contributed by atoms with Crippen LogP contribution in [-0.2, 0) is 9.59 Å². The Morgan fingerprint density at radius 3 is 2.37 bits per heavy atom. The number of amides is 2. The minimum Gasteiger partial charge on any atom is -0.484 e. The Kier molecular flexibility index (Phi) is 6.43. The van der Waals surface area contributed by atoms with Crippen molar-refractivity contribution in [3.63, 3.8) is 0 Å². The molecule has 1 aromatic rings. The Balaban J connectivity index is 2.26. The van der Waals surface area contributed by atoms with Crippen molar-refractivity contribution in [3.8, 4) is 5.75 Å². The van der Waals surface area contributed by atoms with Crippen molar-refractivity contribution in [2.45, 2.75) is 13.8 Å². The molecule has 0 fully saturated rings. The van der Waals surface area contributed by atoms with Crippen molar-refractivity contribution >= 4 is 11.8 Å². The Bertz CT molecular complexity index is 402. The zero-order valence-corrected chi connectivity index (χ0v) is 11.4. The van der Waals surface area contributed by atoms with E-state index in [-0.39, 0.29) is 25.0 Å². The number of rotatable bonds is 7. The first-order valence-corrected chi connectivity index (χ1v) is 6.39. The molecule has 0 aliphatic heterocycles. The zero-order valence-electron chi connectivity index (χ0n) is 11.4. The first kappa shape index (κ1) is 15.0. The third-order valence-electron chi connectivity index (χ3n) is 2.67. The van der Waals surface area contributed by atoms with Gasteiger partial charge in [-0.1, -0.05) is 18.2 Å². The van der Waals surface area contributed by atoms with Crippen molar-refractivity contribution in [2.75, 3.05) is 26.2 Å². The summed E-state index contributed by atoms with van der Waals surface area (Å²) in [6.45, 7) is 5.02. The molecule has 1 rings (SSSR count). The summed E-state index contributed by atoms with van der Waals surface area (Å²) in [7, 11) is 0. The molecular formula is C14H20N2O3. The van der Waals surface area contributed by atoms with Crippen LogP contribution in [0.4, 0.5) is 0 Å². The normalized spacial score (nSPS) is 9.79. The molecule has 0 aliphatic carbocycles. The second-order valence-corrected chi connectivity index (χ2v) is 3.94. The molecule has 1 aromatic carbocycles. The van der Waals surface area contributed by atoms with Gasteiger partial charge in [0.25, 0.3) is 5.91 Å². The Labute approximate surface area is 113 Å². The van der Waals surface area contributed by atoms with Crippen LogP contribution in [0.15, 0.2) is 30.3 Å². The van der Waals surface area contributed by atoms with Gasteiger partial charge in [0, 0.05) is 13.1 Å². The van der Waals surface area contributed by atoms with E-state index in [4.69, 9.17) is 4.74 Å². The number of carbonyl (C=O) groups is 2. The van der Waals surface area contributed by atoms with Crippen molar-refractivity contribution in [1.82, 2.24) is 10.2 Å². The highest BCUT2D eigenvalue weighted by atomic mass is 16.5. The van der Waals surface area contributed by atoms with Crippen LogP contribution in [0.3, 0.4) is 0 Å². The minimum absolute atomic E-state index is 0.0126. The number of nitrogens with zero attached hydrogens (tertiary/aromatic N) is 1. The van der Waals surface area contributed by atoms with Crippen molar-refractivity contribution in [2.24, 2.45) is 0 Å². The summed E-state index contributed by atoms with van der Waals surface area (Å²) in [6, 6.07) is 9.08. The quantitative estimate of drug-likeness (QED) is 0.801. The number of hydrogen-bond donors (Lipinski definition) is 1. The van der Waals surface area contributed by atoms with Crippen LogP contribution in [0, 0.1) is 0 Å². The van der Waals surface area contributed by atoms with Gasteiger partial charge in [-0.3, -0.25) is 9.59 Å². The second-order valence-electron chi connectivity index (χ2n) is 3.94. The van der Waals surface area contributed by atoms with E-state index in [2.05, 4.69) is 5.32 Å². The molecule has 5 nitrogen and oxygen atoms in total. The lowest BCUT2D eigenvalue weighted by atomic mass is 10.3. The van der Waals surface area contributed by atoms with E-state index in [9.17, 15) is 9.59 Å². The van der Waals surface area contributed by atoms with Crippen molar-refractivity contribution < 1.29 is 14.3 Å². The summed E-state index contributed by atoms with van der Waals surface area (Å²) in [4.78, 5) is 24.8. The van der Waals surface area contributed by atoms with Gasteiger partial charge in [-0.05, 0) is 26.0 Å². The van der Waals surface area contributed by atoms with Gasteiger partial charge in [0.1, 0.15) is 5.75 Å². The summed E-state index contributed by atoms with van der Waals surface area (Å²) >= 11 is 0. The lowest BCUT2D eigenvalue weighted by molar-refractivity contribution is -0.133. The van der Waals surface area contributed by atoms with Crippen LogP contribution in [0.5, 0.6) is 5.75 Å². The average Bonchev–Trinajstić information content (AvgIpc) is 2.45. The van der Waals surface area contributed by atoms with Crippen molar-refractivity contribution in [3.05, 3.63) is 30.3 Å². The molecule has 0 spiro atoms. The van der Waals surface area contributed by atoms with Gasteiger partial charge in [0.05, 0.1) is 6.54 Å². The zero-order chi connectivity index (χ0) is 14.1. The molecule has 0 saturated carbocycles. The lowest BCUT2D eigenvalue weighted by Gasteiger charge is -2.18.